The van der Waals surface area contributed by atoms with E-state index in [9.17, 15) is 9.59 Å². The van der Waals surface area contributed by atoms with E-state index in [-0.39, 0.29) is 17.7 Å². The molecule has 0 unspecified atom stereocenters. The predicted octanol–water partition coefficient (Wildman–Crippen LogP) is 1.86. The molecule has 0 atom stereocenters. The maximum Gasteiger partial charge on any atom is 0.289 e. The minimum Gasteiger partial charge on any atom is -0.330 e. The molecule has 4 nitrogen and oxygen atoms in total. The molecule has 0 saturated heterocycles. The van der Waals surface area contributed by atoms with Gasteiger partial charge in [0, 0.05) is 12.0 Å². The van der Waals surface area contributed by atoms with Gasteiger partial charge in [0.15, 0.2) is 0 Å². The summed E-state index contributed by atoms with van der Waals surface area (Å²) in [4.78, 5) is 24.1. The highest BCUT2D eigenvalue weighted by Crippen LogP contribution is 2.33. The molecule has 0 spiro atoms. The molecule has 0 aromatic heterocycles. The van der Waals surface area contributed by atoms with Gasteiger partial charge in [-0.25, -0.2) is 4.90 Å². The first-order valence-electron chi connectivity index (χ1n) is 5.76. The fourth-order valence-electron chi connectivity index (χ4n) is 2.07. The van der Waals surface area contributed by atoms with Crippen LogP contribution in [0.25, 0.3) is 0 Å². The van der Waals surface area contributed by atoms with Crippen molar-refractivity contribution in [1.82, 2.24) is 0 Å². The Bertz CT molecular complexity index is 526. The number of hydrogen-bond donors (Lipinski definition) is 2. The second-order valence-corrected chi connectivity index (χ2v) is 5.50. The van der Waals surface area contributed by atoms with E-state index >= 15 is 0 Å². The Hall–Kier alpha value is -1.33. The number of rotatable bonds is 2. The lowest BCUT2D eigenvalue weighted by Crippen LogP contribution is -2.29. The quantitative estimate of drug-likeness (QED) is 0.801. The first kappa shape index (κ1) is 13.1. The average Bonchev–Trinajstić information content (AvgIpc) is 2.63. The van der Waals surface area contributed by atoms with E-state index in [4.69, 9.17) is 5.73 Å². The lowest BCUT2D eigenvalue weighted by Gasteiger charge is -2.24. The third-order valence-electron chi connectivity index (χ3n) is 3.39. The number of nitrogens with zero attached hydrogens (tertiary/aromatic N) is 1. The highest BCUT2D eigenvalue weighted by atomic mass is 32.1. The molecule has 5 heteroatoms. The second-order valence-electron chi connectivity index (χ2n) is 5.12. The summed E-state index contributed by atoms with van der Waals surface area (Å²) in [6.07, 6.45) is 0.246. The van der Waals surface area contributed by atoms with Gasteiger partial charge < -0.3 is 5.73 Å². The average molecular weight is 264 g/mol. The van der Waals surface area contributed by atoms with E-state index < -0.39 is 5.24 Å². The van der Waals surface area contributed by atoms with Gasteiger partial charge >= 0.3 is 0 Å². The zero-order chi connectivity index (χ0) is 13.5. The van der Waals surface area contributed by atoms with Gasteiger partial charge in [0.1, 0.15) is 0 Å². The number of carbonyl (C=O) groups is 2. The molecule has 0 aliphatic carbocycles. The smallest absolute Gasteiger partial charge is 0.289 e. The number of anilines is 1. The van der Waals surface area contributed by atoms with Crippen LogP contribution in [0, 0.1) is 0 Å². The molecule has 1 heterocycles. The summed E-state index contributed by atoms with van der Waals surface area (Å²) >= 11 is 3.72. The number of amides is 2. The number of carbonyl (C=O) groups excluding carboxylic acids is 2. The molecular weight excluding hydrogens is 248 g/mol. The highest BCUT2D eigenvalue weighted by Gasteiger charge is 2.32. The third kappa shape index (κ3) is 2.04. The van der Waals surface area contributed by atoms with Crippen LogP contribution in [-0.2, 0) is 16.6 Å². The number of benzene rings is 1. The standard InChI is InChI=1S/C13H16N2O2S/c1-13(2,7-14)9-3-4-10-8(5-9)6-11(16)15(10)12(17)18/h3-5H,6-7,14H2,1-2H3,(H,17,18). The van der Waals surface area contributed by atoms with Crippen molar-refractivity contribution in [3.05, 3.63) is 29.3 Å². The Morgan fingerprint density at radius 3 is 2.72 bits per heavy atom. The van der Waals surface area contributed by atoms with E-state index in [1.807, 2.05) is 26.0 Å². The summed E-state index contributed by atoms with van der Waals surface area (Å²) in [5, 5.41) is -0.537. The largest absolute Gasteiger partial charge is 0.330 e. The maximum atomic E-state index is 11.7. The zero-order valence-electron chi connectivity index (χ0n) is 10.4. The molecule has 0 radical (unpaired) electrons. The second kappa shape index (κ2) is 4.40. The highest BCUT2D eigenvalue weighted by molar-refractivity contribution is 7.97. The van der Waals surface area contributed by atoms with Gasteiger partial charge in [-0.1, -0.05) is 38.6 Å². The van der Waals surface area contributed by atoms with E-state index in [1.165, 1.54) is 0 Å². The first-order valence-corrected chi connectivity index (χ1v) is 6.21. The zero-order valence-corrected chi connectivity index (χ0v) is 11.3. The van der Waals surface area contributed by atoms with Crippen molar-refractivity contribution in [3.8, 4) is 0 Å². The Morgan fingerprint density at radius 2 is 2.17 bits per heavy atom. The molecular formula is C13H16N2O2S. The van der Waals surface area contributed by atoms with E-state index in [1.54, 1.807) is 6.07 Å². The summed E-state index contributed by atoms with van der Waals surface area (Å²) in [5.41, 5.74) is 8.17. The monoisotopic (exact) mass is 264 g/mol. The van der Waals surface area contributed by atoms with Crippen molar-refractivity contribution in [2.45, 2.75) is 25.7 Å². The van der Waals surface area contributed by atoms with Gasteiger partial charge in [-0.2, -0.15) is 0 Å². The first-order chi connectivity index (χ1) is 8.36. The number of hydrogen-bond acceptors (Lipinski definition) is 3. The molecule has 0 bridgehead atoms. The predicted molar refractivity (Wildman–Crippen MR) is 74.1 cm³/mol. The van der Waals surface area contributed by atoms with Gasteiger partial charge in [0.2, 0.25) is 5.91 Å². The molecule has 1 aliphatic rings. The van der Waals surface area contributed by atoms with Crippen LogP contribution in [0.5, 0.6) is 0 Å². The van der Waals surface area contributed by atoms with Gasteiger partial charge in [-0.05, 0) is 17.2 Å². The molecule has 1 aliphatic heterocycles. The summed E-state index contributed by atoms with van der Waals surface area (Å²) in [7, 11) is 0. The van der Waals surface area contributed by atoms with Crippen LogP contribution in [0.15, 0.2) is 18.2 Å². The Morgan fingerprint density at radius 1 is 1.50 bits per heavy atom. The summed E-state index contributed by atoms with van der Waals surface area (Å²) in [6, 6.07) is 5.66. The maximum absolute atomic E-state index is 11.7. The minimum atomic E-state index is -0.537. The Labute approximate surface area is 112 Å². The van der Waals surface area contributed by atoms with Crippen molar-refractivity contribution in [3.63, 3.8) is 0 Å². The number of imide groups is 1. The topological polar surface area (TPSA) is 63.4 Å². The summed E-state index contributed by atoms with van der Waals surface area (Å²) < 4.78 is 0. The third-order valence-corrected chi connectivity index (χ3v) is 3.59. The lowest BCUT2D eigenvalue weighted by atomic mass is 9.84. The molecule has 18 heavy (non-hydrogen) atoms. The molecule has 0 saturated carbocycles. The Balaban J connectivity index is 2.46. The lowest BCUT2D eigenvalue weighted by molar-refractivity contribution is -0.116. The van der Waals surface area contributed by atoms with Crippen LogP contribution in [0.2, 0.25) is 0 Å². The van der Waals surface area contributed by atoms with Gasteiger partial charge in [0.05, 0.1) is 12.1 Å². The number of nitrogens with two attached hydrogens (primary N) is 1. The van der Waals surface area contributed by atoms with Crippen LogP contribution < -0.4 is 10.6 Å². The van der Waals surface area contributed by atoms with E-state index in [2.05, 4.69) is 12.6 Å². The normalized spacial score (nSPS) is 14.9. The van der Waals surface area contributed by atoms with Crippen molar-refractivity contribution in [2.75, 3.05) is 11.4 Å². The van der Waals surface area contributed by atoms with Crippen molar-refractivity contribution in [1.29, 1.82) is 0 Å². The van der Waals surface area contributed by atoms with Crippen LogP contribution in [0.4, 0.5) is 10.5 Å². The van der Waals surface area contributed by atoms with Gasteiger partial charge in [-0.15, -0.1) is 0 Å². The van der Waals surface area contributed by atoms with Crippen molar-refractivity contribution >= 4 is 29.5 Å². The van der Waals surface area contributed by atoms with Crippen molar-refractivity contribution < 1.29 is 9.59 Å². The number of fused-ring (bicyclic) bond motifs is 1. The fraction of sp³-hybridized carbons (Fsp3) is 0.385. The summed E-state index contributed by atoms with van der Waals surface area (Å²) in [5.74, 6) is -0.229. The molecule has 96 valence electrons. The molecule has 2 rings (SSSR count). The van der Waals surface area contributed by atoms with Crippen LogP contribution in [0.3, 0.4) is 0 Å². The Kier molecular flexibility index (Phi) is 3.21. The molecule has 2 N–H and O–H groups in total. The van der Waals surface area contributed by atoms with Crippen LogP contribution in [-0.4, -0.2) is 17.7 Å². The SMILES string of the molecule is CC(C)(CN)c1ccc2c(c1)CC(=O)N2C(=O)S. The molecule has 2 amide bonds. The minimum absolute atomic E-state index is 0.142. The van der Waals surface area contributed by atoms with E-state index in [0.717, 1.165) is 16.0 Å². The molecule has 0 fully saturated rings. The molecule has 1 aromatic carbocycles. The molecule has 1 aromatic rings. The van der Waals surface area contributed by atoms with Gasteiger partial charge in [-0.3, -0.25) is 9.59 Å². The van der Waals surface area contributed by atoms with Crippen molar-refractivity contribution in [2.24, 2.45) is 5.73 Å². The number of thiol groups is 1. The summed E-state index contributed by atoms with van der Waals surface area (Å²) in [6.45, 7) is 4.62. The van der Waals surface area contributed by atoms with Crippen LogP contribution >= 0.6 is 12.6 Å². The van der Waals surface area contributed by atoms with E-state index in [0.29, 0.717) is 12.2 Å². The van der Waals surface area contributed by atoms with Crippen LogP contribution in [0.1, 0.15) is 25.0 Å². The van der Waals surface area contributed by atoms with Gasteiger partial charge in [0.25, 0.3) is 5.24 Å². The fourth-order valence-corrected chi connectivity index (χ4v) is 2.29.